The lowest BCUT2D eigenvalue weighted by Crippen LogP contribution is -2.24. The maximum absolute atomic E-state index is 5.90. The van der Waals surface area contributed by atoms with Crippen molar-refractivity contribution in [1.82, 2.24) is 0 Å². The minimum absolute atomic E-state index is 0.161. The molecule has 0 saturated heterocycles. The van der Waals surface area contributed by atoms with Crippen LogP contribution in [0.5, 0.6) is 5.75 Å². The van der Waals surface area contributed by atoms with E-state index < -0.39 is 0 Å². The zero-order valence-corrected chi connectivity index (χ0v) is 10.5. The Balaban J connectivity index is 2.15. The lowest BCUT2D eigenvalue weighted by atomic mass is 9.91. The summed E-state index contributed by atoms with van der Waals surface area (Å²) in [7, 11) is 0. The van der Waals surface area contributed by atoms with Crippen molar-refractivity contribution >= 4 is 15.9 Å². The van der Waals surface area contributed by atoms with E-state index in [1.165, 1.54) is 24.0 Å². The highest BCUT2D eigenvalue weighted by molar-refractivity contribution is 9.10. The highest BCUT2D eigenvalue weighted by Crippen LogP contribution is 2.52. The van der Waals surface area contributed by atoms with E-state index >= 15 is 0 Å². The van der Waals surface area contributed by atoms with Gasteiger partial charge in [0.05, 0.1) is 6.61 Å². The van der Waals surface area contributed by atoms with E-state index in [4.69, 9.17) is 15.2 Å². The SMILES string of the molecule is NCC1(c2c(Br)ccc3c2COCO3)CC1. The largest absolute Gasteiger partial charge is 0.467 e. The van der Waals surface area contributed by atoms with Crippen molar-refractivity contribution in [2.24, 2.45) is 5.73 Å². The van der Waals surface area contributed by atoms with Crippen molar-refractivity contribution in [3.05, 3.63) is 27.7 Å². The molecule has 1 fully saturated rings. The van der Waals surface area contributed by atoms with Gasteiger partial charge in [-0.15, -0.1) is 0 Å². The summed E-state index contributed by atoms with van der Waals surface area (Å²) in [5.74, 6) is 0.948. The van der Waals surface area contributed by atoms with E-state index in [2.05, 4.69) is 22.0 Å². The van der Waals surface area contributed by atoms with Crippen LogP contribution in [0.15, 0.2) is 16.6 Å². The van der Waals surface area contributed by atoms with Crippen LogP contribution in [0.4, 0.5) is 0 Å². The second kappa shape index (κ2) is 3.72. The third-order valence-corrected chi connectivity index (χ3v) is 4.20. The van der Waals surface area contributed by atoms with Gasteiger partial charge in [-0.25, -0.2) is 0 Å². The van der Waals surface area contributed by atoms with Gasteiger partial charge in [0.15, 0.2) is 6.79 Å². The van der Waals surface area contributed by atoms with Crippen molar-refractivity contribution in [1.29, 1.82) is 0 Å². The molecule has 0 atom stereocenters. The molecular formula is C12H14BrNO2. The third kappa shape index (κ3) is 1.48. The Labute approximate surface area is 103 Å². The number of ether oxygens (including phenoxy) is 2. The molecule has 86 valence electrons. The van der Waals surface area contributed by atoms with Gasteiger partial charge >= 0.3 is 0 Å². The number of nitrogens with two attached hydrogens (primary N) is 1. The number of fused-ring (bicyclic) bond motifs is 1. The summed E-state index contributed by atoms with van der Waals surface area (Å²) in [5, 5.41) is 0. The van der Waals surface area contributed by atoms with Gasteiger partial charge in [-0.2, -0.15) is 0 Å². The number of hydrogen-bond donors (Lipinski definition) is 1. The average Bonchev–Trinajstić information content (AvgIpc) is 3.10. The first kappa shape index (κ1) is 10.6. The predicted molar refractivity (Wildman–Crippen MR) is 64.4 cm³/mol. The molecule has 0 radical (unpaired) electrons. The zero-order valence-electron chi connectivity index (χ0n) is 8.96. The smallest absolute Gasteiger partial charge is 0.189 e. The van der Waals surface area contributed by atoms with Crippen LogP contribution in [0.2, 0.25) is 0 Å². The molecule has 4 heteroatoms. The van der Waals surface area contributed by atoms with Gasteiger partial charge in [-0.3, -0.25) is 0 Å². The fraction of sp³-hybridized carbons (Fsp3) is 0.500. The van der Waals surface area contributed by atoms with Crippen LogP contribution in [0, 0.1) is 0 Å². The minimum Gasteiger partial charge on any atom is -0.467 e. The van der Waals surface area contributed by atoms with Gasteiger partial charge < -0.3 is 15.2 Å². The first-order valence-electron chi connectivity index (χ1n) is 5.49. The fourth-order valence-corrected chi connectivity index (χ4v) is 3.20. The fourth-order valence-electron chi connectivity index (χ4n) is 2.41. The van der Waals surface area contributed by atoms with Gasteiger partial charge in [0.25, 0.3) is 0 Å². The van der Waals surface area contributed by atoms with Gasteiger partial charge in [0.1, 0.15) is 5.75 Å². The van der Waals surface area contributed by atoms with E-state index in [0.717, 1.165) is 10.2 Å². The van der Waals surface area contributed by atoms with Gasteiger partial charge in [0, 0.05) is 22.0 Å². The molecule has 2 N–H and O–H groups in total. The highest BCUT2D eigenvalue weighted by Gasteiger charge is 2.46. The average molecular weight is 284 g/mol. The molecule has 0 amide bonds. The molecule has 0 bridgehead atoms. The molecule has 1 aromatic rings. The molecule has 3 nitrogen and oxygen atoms in total. The summed E-state index contributed by atoms with van der Waals surface area (Å²) >= 11 is 3.63. The Morgan fingerprint density at radius 2 is 2.19 bits per heavy atom. The molecule has 16 heavy (non-hydrogen) atoms. The molecule has 0 unspecified atom stereocenters. The summed E-state index contributed by atoms with van der Waals surface area (Å²) in [6.07, 6.45) is 2.33. The van der Waals surface area contributed by atoms with Crippen LogP contribution >= 0.6 is 15.9 Å². The molecule has 1 saturated carbocycles. The van der Waals surface area contributed by atoms with Crippen LogP contribution < -0.4 is 10.5 Å². The molecule has 2 aliphatic rings. The number of hydrogen-bond acceptors (Lipinski definition) is 3. The zero-order chi connectivity index (χ0) is 11.2. The Bertz CT molecular complexity index is 429. The molecule has 0 spiro atoms. The molecule has 1 aliphatic heterocycles. The standard InChI is InChI=1S/C12H14BrNO2/c13-9-1-2-10-8(5-15-7-16-10)11(9)12(6-14)3-4-12/h1-2H,3-7,14H2. The van der Waals surface area contributed by atoms with Crippen molar-refractivity contribution in [2.75, 3.05) is 13.3 Å². The summed E-state index contributed by atoms with van der Waals surface area (Å²) in [6, 6.07) is 4.05. The van der Waals surface area contributed by atoms with Crippen molar-refractivity contribution in [3.63, 3.8) is 0 Å². The topological polar surface area (TPSA) is 44.5 Å². The molecular weight excluding hydrogens is 270 g/mol. The molecule has 3 rings (SSSR count). The lowest BCUT2D eigenvalue weighted by molar-refractivity contribution is -0.0171. The van der Waals surface area contributed by atoms with E-state index in [1.54, 1.807) is 0 Å². The predicted octanol–water partition coefficient (Wildman–Crippen LogP) is 2.31. The maximum atomic E-state index is 5.90. The van der Waals surface area contributed by atoms with E-state index in [9.17, 15) is 0 Å². The van der Waals surface area contributed by atoms with Crippen molar-refractivity contribution in [2.45, 2.75) is 24.9 Å². The Hall–Kier alpha value is -0.580. The van der Waals surface area contributed by atoms with Crippen LogP contribution in [0.1, 0.15) is 24.0 Å². The number of halogens is 1. The van der Waals surface area contributed by atoms with Crippen LogP contribution in [0.3, 0.4) is 0 Å². The van der Waals surface area contributed by atoms with E-state index in [-0.39, 0.29) is 5.41 Å². The summed E-state index contributed by atoms with van der Waals surface area (Å²) < 4.78 is 12.0. The Morgan fingerprint density at radius 3 is 2.88 bits per heavy atom. The second-order valence-electron chi connectivity index (χ2n) is 4.49. The monoisotopic (exact) mass is 283 g/mol. The maximum Gasteiger partial charge on any atom is 0.189 e. The second-order valence-corrected chi connectivity index (χ2v) is 5.35. The molecule has 0 aromatic heterocycles. The molecule has 1 aliphatic carbocycles. The Kier molecular flexibility index (Phi) is 2.46. The Morgan fingerprint density at radius 1 is 1.38 bits per heavy atom. The van der Waals surface area contributed by atoms with Gasteiger partial charge in [-0.05, 0) is 30.5 Å². The van der Waals surface area contributed by atoms with Crippen molar-refractivity contribution < 1.29 is 9.47 Å². The summed E-state index contributed by atoms with van der Waals surface area (Å²) in [4.78, 5) is 0. The molecule has 1 heterocycles. The minimum atomic E-state index is 0.161. The molecule has 1 aromatic carbocycles. The van der Waals surface area contributed by atoms with Gasteiger partial charge in [-0.1, -0.05) is 15.9 Å². The van der Waals surface area contributed by atoms with Crippen LogP contribution in [0.25, 0.3) is 0 Å². The number of rotatable bonds is 2. The quantitative estimate of drug-likeness (QED) is 0.906. The van der Waals surface area contributed by atoms with E-state index in [1.807, 2.05) is 6.07 Å². The highest BCUT2D eigenvalue weighted by atomic mass is 79.9. The normalized spacial score (nSPS) is 21.1. The first-order chi connectivity index (χ1) is 7.77. The summed E-state index contributed by atoms with van der Waals surface area (Å²) in [5.41, 5.74) is 8.53. The van der Waals surface area contributed by atoms with Crippen molar-refractivity contribution in [3.8, 4) is 5.75 Å². The number of benzene rings is 1. The third-order valence-electron chi connectivity index (χ3n) is 3.54. The summed E-state index contributed by atoms with van der Waals surface area (Å²) in [6.45, 7) is 1.68. The van der Waals surface area contributed by atoms with Gasteiger partial charge in [0.2, 0.25) is 0 Å². The van der Waals surface area contributed by atoms with E-state index in [0.29, 0.717) is 19.9 Å². The van der Waals surface area contributed by atoms with Crippen LogP contribution in [-0.4, -0.2) is 13.3 Å². The van der Waals surface area contributed by atoms with Crippen LogP contribution in [-0.2, 0) is 16.8 Å². The lowest BCUT2D eigenvalue weighted by Gasteiger charge is -2.25. The first-order valence-corrected chi connectivity index (χ1v) is 6.29.